The van der Waals surface area contributed by atoms with Gasteiger partial charge in [0.15, 0.2) is 5.75 Å². The maximum atomic E-state index is 10.9. The van der Waals surface area contributed by atoms with Gasteiger partial charge in [0, 0.05) is 18.2 Å². The normalized spacial score (nSPS) is 10.7. The van der Waals surface area contributed by atoms with E-state index < -0.39 is 4.92 Å². The van der Waals surface area contributed by atoms with Gasteiger partial charge >= 0.3 is 0 Å². The molecular formula is C30H25N3O4. The van der Waals surface area contributed by atoms with Crippen molar-refractivity contribution in [1.29, 1.82) is 0 Å². The second-order valence-electron chi connectivity index (χ2n) is 8.08. The summed E-state index contributed by atoms with van der Waals surface area (Å²) >= 11 is 0. The van der Waals surface area contributed by atoms with Crippen molar-refractivity contribution in [3.63, 3.8) is 0 Å². The van der Waals surface area contributed by atoms with Gasteiger partial charge in [0.1, 0.15) is 24.7 Å². The highest BCUT2D eigenvalue weighted by Crippen LogP contribution is 2.34. The molecule has 7 heteroatoms. The molecule has 0 bridgehead atoms. The van der Waals surface area contributed by atoms with Crippen LogP contribution in [-0.4, -0.2) is 4.92 Å². The van der Waals surface area contributed by atoms with Crippen LogP contribution in [0.25, 0.3) is 12.2 Å². The topological polar surface area (TPSA) is 86.3 Å². The van der Waals surface area contributed by atoms with Gasteiger partial charge in [-0.2, -0.15) is 5.11 Å². The molecule has 0 amide bonds. The minimum atomic E-state index is -0.458. The van der Waals surface area contributed by atoms with Crippen molar-refractivity contribution in [2.45, 2.75) is 13.2 Å². The quantitative estimate of drug-likeness (QED) is 0.120. The van der Waals surface area contributed by atoms with Crippen LogP contribution >= 0.6 is 0 Å². The SMILES string of the molecule is C=Cc1ccc(COc2ccc(N=Nc3ccc([N+](=O)[O-])cc3)c(OCc3cccc(C=C)c3)c2)cc1. The number of nitro groups is 1. The van der Waals surface area contributed by atoms with Crippen LogP contribution in [0.5, 0.6) is 11.5 Å². The zero-order valence-corrected chi connectivity index (χ0v) is 20.1. The molecule has 184 valence electrons. The van der Waals surface area contributed by atoms with Gasteiger partial charge < -0.3 is 9.47 Å². The Morgan fingerprint density at radius 2 is 1.49 bits per heavy atom. The largest absolute Gasteiger partial charge is 0.489 e. The third-order valence-corrected chi connectivity index (χ3v) is 5.47. The highest BCUT2D eigenvalue weighted by Gasteiger charge is 2.09. The van der Waals surface area contributed by atoms with Crippen LogP contribution in [0.1, 0.15) is 22.3 Å². The molecule has 37 heavy (non-hydrogen) atoms. The van der Waals surface area contributed by atoms with E-state index in [4.69, 9.17) is 9.47 Å². The summed E-state index contributed by atoms with van der Waals surface area (Å²) in [4.78, 5) is 10.4. The molecule has 0 fully saturated rings. The summed E-state index contributed by atoms with van der Waals surface area (Å²) < 4.78 is 12.1. The number of hydrogen-bond acceptors (Lipinski definition) is 6. The summed E-state index contributed by atoms with van der Waals surface area (Å²) in [5, 5.41) is 19.4. The van der Waals surface area contributed by atoms with Gasteiger partial charge in [-0.3, -0.25) is 10.1 Å². The molecule has 0 aliphatic heterocycles. The Morgan fingerprint density at radius 1 is 0.757 bits per heavy atom. The van der Waals surface area contributed by atoms with Crippen LogP contribution in [-0.2, 0) is 13.2 Å². The molecule has 4 rings (SSSR count). The van der Waals surface area contributed by atoms with Crippen molar-refractivity contribution >= 4 is 29.2 Å². The standard InChI is InChI=1S/C30H25N3O4/c1-3-22-8-10-24(11-9-22)20-36-28-16-17-29(32-31-26-12-14-27(15-13-26)33(34)35)30(19-28)37-21-25-7-5-6-23(4-2)18-25/h3-19H,1-2,20-21H2. The second-order valence-corrected chi connectivity index (χ2v) is 8.08. The number of rotatable bonds is 11. The number of nitrogens with zero attached hydrogens (tertiary/aromatic N) is 3. The third-order valence-electron chi connectivity index (χ3n) is 5.47. The van der Waals surface area contributed by atoms with Gasteiger partial charge in [-0.1, -0.05) is 67.8 Å². The van der Waals surface area contributed by atoms with Gasteiger partial charge in [-0.15, -0.1) is 5.11 Å². The maximum absolute atomic E-state index is 10.9. The molecule has 0 atom stereocenters. The molecule has 4 aromatic carbocycles. The van der Waals surface area contributed by atoms with E-state index in [9.17, 15) is 10.1 Å². The minimum Gasteiger partial charge on any atom is -0.489 e. The second kappa shape index (κ2) is 12.1. The van der Waals surface area contributed by atoms with E-state index in [1.807, 2.05) is 48.5 Å². The number of benzene rings is 4. The van der Waals surface area contributed by atoms with Gasteiger partial charge in [-0.05, 0) is 52.6 Å². The summed E-state index contributed by atoms with van der Waals surface area (Å²) in [5.74, 6) is 1.12. The monoisotopic (exact) mass is 491 g/mol. The van der Waals surface area contributed by atoms with E-state index in [1.165, 1.54) is 24.3 Å². The molecule has 4 aromatic rings. The van der Waals surface area contributed by atoms with E-state index in [0.717, 1.165) is 22.3 Å². The summed E-state index contributed by atoms with van der Waals surface area (Å²) in [6.07, 6.45) is 3.58. The van der Waals surface area contributed by atoms with Gasteiger partial charge in [-0.25, -0.2) is 0 Å². The first-order chi connectivity index (χ1) is 18.0. The van der Waals surface area contributed by atoms with Crippen molar-refractivity contribution in [3.8, 4) is 11.5 Å². The number of ether oxygens (including phenoxy) is 2. The zero-order chi connectivity index (χ0) is 26.0. The number of non-ortho nitro benzene ring substituents is 1. The Labute approximate surface area is 215 Å². The van der Waals surface area contributed by atoms with Crippen molar-refractivity contribution < 1.29 is 14.4 Å². The minimum absolute atomic E-state index is 0.00893. The van der Waals surface area contributed by atoms with Gasteiger partial charge in [0.2, 0.25) is 0 Å². The van der Waals surface area contributed by atoms with Gasteiger partial charge in [0.25, 0.3) is 5.69 Å². The molecule has 0 radical (unpaired) electrons. The fourth-order valence-corrected chi connectivity index (χ4v) is 3.42. The highest BCUT2D eigenvalue weighted by atomic mass is 16.6. The predicted molar refractivity (Wildman–Crippen MR) is 145 cm³/mol. The average Bonchev–Trinajstić information content (AvgIpc) is 2.94. The Bertz CT molecular complexity index is 1430. The van der Waals surface area contributed by atoms with Crippen LogP contribution in [0, 0.1) is 10.1 Å². The Morgan fingerprint density at radius 3 is 2.19 bits per heavy atom. The summed E-state index contributed by atoms with van der Waals surface area (Å²) in [6, 6.07) is 27.0. The van der Waals surface area contributed by atoms with Crippen molar-refractivity contribution in [2.24, 2.45) is 10.2 Å². The maximum Gasteiger partial charge on any atom is 0.269 e. The Balaban J connectivity index is 1.54. The first-order valence-corrected chi connectivity index (χ1v) is 11.5. The zero-order valence-electron chi connectivity index (χ0n) is 20.1. The molecular weight excluding hydrogens is 466 g/mol. The smallest absolute Gasteiger partial charge is 0.269 e. The van der Waals surface area contributed by atoms with E-state index in [-0.39, 0.29) is 5.69 Å². The van der Waals surface area contributed by atoms with Crippen molar-refractivity contribution in [1.82, 2.24) is 0 Å². The van der Waals surface area contributed by atoms with E-state index >= 15 is 0 Å². The fourth-order valence-electron chi connectivity index (χ4n) is 3.42. The van der Waals surface area contributed by atoms with Crippen molar-refractivity contribution in [3.05, 3.63) is 137 Å². The summed E-state index contributed by atoms with van der Waals surface area (Å²) in [7, 11) is 0. The average molecular weight is 492 g/mol. The molecule has 0 saturated carbocycles. The molecule has 0 aromatic heterocycles. The van der Waals surface area contributed by atoms with Crippen LogP contribution in [0.2, 0.25) is 0 Å². The number of azo groups is 1. The molecule has 0 heterocycles. The predicted octanol–water partition coefficient (Wildman–Crippen LogP) is 8.45. The molecule has 0 spiro atoms. The highest BCUT2D eigenvalue weighted by molar-refractivity contribution is 5.56. The van der Waals surface area contributed by atoms with E-state index in [1.54, 1.807) is 30.4 Å². The summed E-state index contributed by atoms with van der Waals surface area (Å²) in [5.41, 5.74) is 5.02. The van der Waals surface area contributed by atoms with Crippen LogP contribution in [0.15, 0.2) is 114 Å². The summed E-state index contributed by atoms with van der Waals surface area (Å²) in [6.45, 7) is 8.29. The molecule has 0 N–H and O–H groups in total. The van der Waals surface area contributed by atoms with E-state index in [0.29, 0.717) is 36.1 Å². The molecule has 0 aliphatic rings. The number of nitro benzene ring substituents is 1. The lowest BCUT2D eigenvalue weighted by Gasteiger charge is -2.12. The Kier molecular flexibility index (Phi) is 8.18. The lowest BCUT2D eigenvalue weighted by molar-refractivity contribution is -0.384. The van der Waals surface area contributed by atoms with Crippen LogP contribution < -0.4 is 9.47 Å². The van der Waals surface area contributed by atoms with E-state index in [2.05, 4.69) is 23.4 Å². The molecule has 7 nitrogen and oxygen atoms in total. The molecule has 0 unspecified atom stereocenters. The first kappa shape index (κ1) is 25.1. The molecule has 0 saturated heterocycles. The molecule has 0 aliphatic carbocycles. The Hall–Kier alpha value is -5.04. The van der Waals surface area contributed by atoms with Crippen LogP contribution in [0.4, 0.5) is 17.1 Å². The number of hydrogen-bond donors (Lipinski definition) is 0. The van der Waals surface area contributed by atoms with Crippen LogP contribution in [0.3, 0.4) is 0 Å². The van der Waals surface area contributed by atoms with Gasteiger partial charge in [0.05, 0.1) is 10.6 Å². The first-order valence-electron chi connectivity index (χ1n) is 11.5. The fraction of sp³-hybridized carbons (Fsp3) is 0.0667. The van der Waals surface area contributed by atoms with Crippen molar-refractivity contribution in [2.75, 3.05) is 0 Å². The lowest BCUT2D eigenvalue weighted by atomic mass is 10.1. The third kappa shape index (κ3) is 6.99. The lowest BCUT2D eigenvalue weighted by Crippen LogP contribution is -1.98.